The molecule has 1 fully saturated rings. The van der Waals surface area contributed by atoms with Gasteiger partial charge in [0.05, 0.1) is 24.8 Å². The van der Waals surface area contributed by atoms with Crippen molar-refractivity contribution in [1.82, 2.24) is 4.31 Å². The number of sulfonamides is 1. The monoisotopic (exact) mass is 530 g/mol. The number of hydrogen-bond donors (Lipinski definition) is 1. The fourth-order valence-corrected chi connectivity index (χ4v) is 5.61. The van der Waals surface area contributed by atoms with Crippen molar-refractivity contribution in [3.05, 3.63) is 71.8 Å². The van der Waals surface area contributed by atoms with Crippen LogP contribution < -0.4 is 19.5 Å². The SMILES string of the molecule is COc1ccc(S(=O)(=O)N2CCC(C(=O)Nc3cc(Cl)ccc3Oc3cccc(OC)c3)CC2)cc1. The van der Waals surface area contributed by atoms with Crippen molar-refractivity contribution in [1.29, 1.82) is 0 Å². The highest BCUT2D eigenvalue weighted by Gasteiger charge is 2.32. The molecular weight excluding hydrogens is 504 g/mol. The van der Waals surface area contributed by atoms with Gasteiger partial charge in [-0.3, -0.25) is 4.79 Å². The molecule has 4 rings (SSSR count). The molecule has 10 heteroatoms. The molecule has 0 saturated carbocycles. The van der Waals surface area contributed by atoms with E-state index in [-0.39, 0.29) is 29.8 Å². The van der Waals surface area contributed by atoms with Crippen LogP contribution in [0.1, 0.15) is 12.8 Å². The summed E-state index contributed by atoms with van der Waals surface area (Å²) in [5, 5.41) is 3.35. The van der Waals surface area contributed by atoms with E-state index < -0.39 is 10.0 Å². The van der Waals surface area contributed by atoms with Gasteiger partial charge in [0.1, 0.15) is 17.2 Å². The number of benzene rings is 3. The number of hydrogen-bond acceptors (Lipinski definition) is 6. The van der Waals surface area contributed by atoms with Crippen LogP contribution >= 0.6 is 11.6 Å². The van der Waals surface area contributed by atoms with E-state index in [4.69, 9.17) is 25.8 Å². The van der Waals surface area contributed by atoms with Crippen molar-refractivity contribution in [2.24, 2.45) is 5.92 Å². The Kier molecular flexibility index (Phi) is 8.03. The quantitative estimate of drug-likeness (QED) is 0.431. The standard InChI is InChI=1S/C26H27ClN2O6S/c1-33-20-7-9-23(10-8-20)36(31,32)29-14-12-18(13-15-29)26(30)28-24-16-19(27)6-11-25(24)35-22-5-3-4-21(17-22)34-2/h3-11,16-18H,12-15H2,1-2H3,(H,28,30). The number of ether oxygens (including phenoxy) is 3. The number of halogens is 1. The summed E-state index contributed by atoms with van der Waals surface area (Å²) >= 11 is 6.18. The lowest BCUT2D eigenvalue weighted by molar-refractivity contribution is -0.120. The number of rotatable bonds is 8. The highest BCUT2D eigenvalue weighted by molar-refractivity contribution is 7.89. The molecule has 3 aromatic rings. The first kappa shape index (κ1) is 25.8. The van der Waals surface area contributed by atoms with Crippen LogP contribution in [0.5, 0.6) is 23.0 Å². The minimum atomic E-state index is -3.65. The van der Waals surface area contributed by atoms with E-state index in [9.17, 15) is 13.2 Å². The second-order valence-corrected chi connectivity index (χ2v) is 10.6. The molecule has 1 amide bonds. The molecule has 0 atom stereocenters. The van der Waals surface area contributed by atoms with E-state index in [0.717, 1.165) is 0 Å². The second kappa shape index (κ2) is 11.2. The average Bonchev–Trinajstić information content (AvgIpc) is 2.90. The summed E-state index contributed by atoms with van der Waals surface area (Å²) in [5.41, 5.74) is 0.434. The van der Waals surface area contributed by atoms with Gasteiger partial charge < -0.3 is 19.5 Å². The molecule has 1 aliphatic rings. The molecular formula is C26H27ClN2O6S. The maximum atomic E-state index is 13.1. The van der Waals surface area contributed by atoms with Crippen molar-refractivity contribution in [2.45, 2.75) is 17.7 Å². The zero-order valence-corrected chi connectivity index (χ0v) is 21.5. The van der Waals surface area contributed by atoms with Crippen molar-refractivity contribution < 1.29 is 27.4 Å². The Morgan fingerprint density at radius 2 is 1.58 bits per heavy atom. The van der Waals surface area contributed by atoms with E-state index in [1.165, 1.54) is 23.5 Å². The van der Waals surface area contributed by atoms with Gasteiger partial charge in [-0.1, -0.05) is 17.7 Å². The van der Waals surface area contributed by atoms with E-state index in [2.05, 4.69) is 5.32 Å². The maximum absolute atomic E-state index is 13.1. The van der Waals surface area contributed by atoms with Gasteiger partial charge >= 0.3 is 0 Å². The molecule has 1 heterocycles. The van der Waals surface area contributed by atoms with Crippen molar-refractivity contribution in [2.75, 3.05) is 32.6 Å². The molecule has 0 spiro atoms. The molecule has 3 aromatic carbocycles. The molecule has 8 nitrogen and oxygen atoms in total. The number of nitrogens with one attached hydrogen (secondary N) is 1. The summed E-state index contributed by atoms with van der Waals surface area (Å²) in [7, 11) is -0.555. The third-order valence-electron chi connectivity index (χ3n) is 5.99. The zero-order valence-electron chi connectivity index (χ0n) is 19.9. The minimum absolute atomic E-state index is 0.199. The second-order valence-electron chi connectivity index (χ2n) is 8.26. The Balaban J connectivity index is 1.41. The third kappa shape index (κ3) is 5.92. The fraction of sp³-hybridized carbons (Fsp3) is 0.269. The summed E-state index contributed by atoms with van der Waals surface area (Å²) in [6, 6.07) is 18.4. The van der Waals surface area contributed by atoms with Crippen molar-refractivity contribution >= 4 is 33.2 Å². The van der Waals surface area contributed by atoms with Gasteiger partial charge in [-0.25, -0.2) is 8.42 Å². The predicted molar refractivity (Wildman–Crippen MR) is 138 cm³/mol. The number of carbonyl (C=O) groups excluding carboxylic acids is 1. The van der Waals surface area contributed by atoms with Crippen molar-refractivity contribution in [3.63, 3.8) is 0 Å². The van der Waals surface area contributed by atoms with Crippen LogP contribution in [-0.4, -0.2) is 45.9 Å². The van der Waals surface area contributed by atoms with Crippen LogP contribution in [0, 0.1) is 5.92 Å². The van der Waals surface area contributed by atoms with Gasteiger partial charge in [0.25, 0.3) is 0 Å². The van der Waals surface area contributed by atoms with Crippen LogP contribution in [0.4, 0.5) is 5.69 Å². The Morgan fingerprint density at radius 1 is 0.917 bits per heavy atom. The van der Waals surface area contributed by atoms with Crippen LogP contribution in [0.25, 0.3) is 0 Å². The summed E-state index contributed by atoms with van der Waals surface area (Å²) < 4.78 is 43.7. The van der Waals surface area contributed by atoms with Crippen LogP contribution in [0.15, 0.2) is 71.6 Å². The first-order valence-electron chi connectivity index (χ1n) is 11.4. The largest absolute Gasteiger partial charge is 0.497 e. The average molecular weight is 531 g/mol. The lowest BCUT2D eigenvalue weighted by Gasteiger charge is -2.30. The maximum Gasteiger partial charge on any atom is 0.243 e. The lowest BCUT2D eigenvalue weighted by Crippen LogP contribution is -2.41. The van der Waals surface area contributed by atoms with Crippen LogP contribution in [0.3, 0.4) is 0 Å². The minimum Gasteiger partial charge on any atom is -0.497 e. The Morgan fingerprint density at radius 3 is 2.25 bits per heavy atom. The van der Waals surface area contributed by atoms with Gasteiger partial charge in [-0.2, -0.15) is 4.31 Å². The van der Waals surface area contributed by atoms with E-state index in [1.54, 1.807) is 61.7 Å². The van der Waals surface area contributed by atoms with Crippen molar-refractivity contribution in [3.8, 4) is 23.0 Å². The summed E-state index contributed by atoms with van der Waals surface area (Å²) in [4.78, 5) is 13.3. The molecule has 0 aromatic heterocycles. The van der Waals surface area contributed by atoms with Gasteiger partial charge in [0, 0.05) is 30.1 Å². The first-order valence-corrected chi connectivity index (χ1v) is 13.2. The highest BCUT2D eigenvalue weighted by atomic mass is 35.5. The molecule has 190 valence electrons. The Bertz CT molecular complexity index is 1320. The highest BCUT2D eigenvalue weighted by Crippen LogP contribution is 2.34. The smallest absolute Gasteiger partial charge is 0.243 e. The topological polar surface area (TPSA) is 94.2 Å². The summed E-state index contributed by atoms with van der Waals surface area (Å²) in [6.45, 7) is 0.490. The molecule has 0 unspecified atom stereocenters. The Hall–Kier alpha value is -3.27. The molecule has 36 heavy (non-hydrogen) atoms. The Labute approximate surface area is 215 Å². The number of piperidine rings is 1. The van der Waals surface area contributed by atoms with Gasteiger partial charge in [0.15, 0.2) is 5.75 Å². The van der Waals surface area contributed by atoms with Gasteiger partial charge in [-0.15, -0.1) is 0 Å². The van der Waals surface area contributed by atoms with Gasteiger partial charge in [0.2, 0.25) is 15.9 Å². The van der Waals surface area contributed by atoms with Crippen LogP contribution in [0.2, 0.25) is 5.02 Å². The van der Waals surface area contributed by atoms with Gasteiger partial charge in [-0.05, 0) is 67.4 Å². The summed E-state index contributed by atoms with van der Waals surface area (Å²) in [5.74, 6) is 1.64. The molecule has 1 aliphatic heterocycles. The van der Waals surface area contributed by atoms with E-state index in [1.807, 2.05) is 0 Å². The first-order chi connectivity index (χ1) is 17.3. The predicted octanol–water partition coefficient (Wildman–Crippen LogP) is 5.19. The molecule has 0 bridgehead atoms. The third-order valence-corrected chi connectivity index (χ3v) is 8.14. The molecule has 1 N–H and O–H groups in total. The number of amides is 1. The number of carbonyl (C=O) groups is 1. The number of anilines is 1. The number of nitrogens with zero attached hydrogens (tertiary/aromatic N) is 1. The van der Waals surface area contributed by atoms with E-state index >= 15 is 0 Å². The molecule has 1 saturated heterocycles. The molecule has 0 radical (unpaired) electrons. The number of methoxy groups -OCH3 is 2. The zero-order chi connectivity index (χ0) is 25.7. The fourth-order valence-electron chi connectivity index (χ4n) is 3.97. The van der Waals surface area contributed by atoms with E-state index in [0.29, 0.717) is 46.5 Å². The van der Waals surface area contributed by atoms with Crippen LogP contribution in [-0.2, 0) is 14.8 Å². The molecule has 0 aliphatic carbocycles. The normalized spacial score (nSPS) is 14.8. The summed E-state index contributed by atoms with van der Waals surface area (Å²) in [6.07, 6.45) is 0.793. The lowest BCUT2D eigenvalue weighted by atomic mass is 9.97.